The minimum atomic E-state index is -4.82. The monoisotopic (exact) mass is 451 g/mol. The van der Waals surface area contributed by atoms with Gasteiger partial charge < -0.3 is 14.5 Å². The minimum absolute atomic E-state index is 0.0670. The zero-order chi connectivity index (χ0) is 22.3. The number of methoxy groups -OCH3 is 1. The van der Waals surface area contributed by atoms with Gasteiger partial charge in [0, 0.05) is 28.6 Å². The van der Waals surface area contributed by atoms with Gasteiger partial charge in [-0.2, -0.15) is 31.3 Å². The fraction of sp³-hybridized carbons (Fsp3) is 0.333. The lowest BCUT2D eigenvalue weighted by atomic mass is 10.1. The molecule has 12 heteroatoms. The quantitative estimate of drug-likeness (QED) is 0.440. The van der Waals surface area contributed by atoms with Gasteiger partial charge in [-0.25, -0.2) is 4.98 Å². The average molecular weight is 451 g/mol. The van der Waals surface area contributed by atoms with E-state index in [0.717, 1.165) is 5.30 Å². The molecule has 3 rings (SSSR count). The Bertz CT molecular complexity index is 1060. The van der Waals surface area contributed by atoms with E-state index in [2.05, 4.69) is 19.7 Å². The van der Waals surface area contributed by atoms with Crippen molar-refractivity contribution in [1.82, 2.24) is 15.0 Å². The smallest absolute Gasteiger partial charge is 0.422 e. The summed E-state index contributed by atoms with van der Waals surface area (Å²) >= 11 is 0. The Labute approximate surface area is 168 Å². The Morgan fingerprint density at radius 2 is 1.80 bits per heavy atom. The van der Waals surface area contributed by atoms with E-state index in [1.54, 1.807) is 12.1 Å². The van der Waals surface area contributed by atoms with Crippen LogP contribution in [0.15, 0.2) is 24.5 Å². The van der Waals surface area contributed by atoms with E-state index in [9.17, 15) is 26.3 Å². The highest BCUT2D eigenvalue weighted by molar-refractivity contribution is 7.64. The van der Waals surface area contributed by atoms with Crippen LogP contribution in [0.4, 0.5) is 26.3 Å². The number of fused-ring (bicyclic) bond motifs is 1. The van der Waals surface area contributed by atoms with Crippen LogP contribution in [0.25, 0.3) is 22.2 Å². The molecule has 0 saturated heterocycles. The summed E-state index contributed by atoms with van der Waals surface area (Å²) in [4.78, 5) is 9.90. The number of nitrogens with zero attached hydrogens (tertiary/aromatic N) is 2. The summed E-state index contributed by atoms with van der Waals surface area (Å²) in [6.45, 7) is 2.20. The number of ether oxygens (including phenoxy) is 2. The molecule has 3 aromatic rings. The van der Waals surface area contributed by atoms with Gasteiger partial charge in [-0.15, -0.1) is 0 Å². The lowest BCUT2D eigenvalue weighted by Gasteiger charge is -2.15. The van der Waals surface area contributed by atoms with Gasteiger partial charge in [-0.3, -0.25) is 0 Å². The Morgan fingerprint density at radius 1 is 1.10 bits per heavy atom. The summed E-state index contributed by atoms with van der Waals surface area (Å²) in [6.07, 6.45) is -7.75. The predicted octanol–water partition coefficient (Wildman–Crippen LogP) is 4.96. The van der Waals surface area contributed by atoms with Crippen molar-refractivity contribution in [2.75, 3.05) is 27.0 Å². The molecule has 1 aromatic carbocycles. The fourth-order valence-corrected chi connectivity index (χ4v) is 4.20. The lowest BCUT2D eigenvalue weighted by molar-refractivity contribution is -0.155. The van der Waals surface area contributed by atoms with E-state index in [0.29, 0.717) is 22.8 Å². The molecule has 2 aromatic heterocycles. The van der Waals surface area contributed by atoms with Gasteiger partial charge in [0.15, 0.2) is 6.61 Å². The molecule has 162 valence electrons. The molecule has 2 heterocycles. The van der Waals surface area contributed by atoms with Crippen molar-refractivity contribution in [3.8, 4) is 23.0 Å². The van der Waals surface area contributed by atoms with E-state index in [1.165, 1.54) is 13.3 Å². The molecule has 0 atom stereocenters. The molecule has 0 bridgehead atoms. The third kappa shape index (κ3) is 4.45. The van der Waals surface area contributed by atoms with Crippen molar-refractivity contribution in [1.29, 1.82) is 0 Å². The van der Waals surface area contributed by atoms with Crippen LogP contribution in [-0.4, -0.2) is 48.2 Å². The van der Waals surface area contributed by atoms with Crippen LogP contribution in [0.1, 0.15) is 5.56 Å². The van der Waals surface area contributed by atoms with Gasteiger partial charge in [0.05, 0.1) is 18.3 Å². The Morgan fingerprint density at radius 3 is 2.37 bits per heavy atom. The third-order valence-electron chi connectivity index (χ3n) is 4.15. The number of benzene rings is 1. The highest BCUT2D eigenvalue weighted by Crippen LogP contribution is 2.41. The summed E-state index contributed by atoms with van der Waals surface area (Å²) in [7, 11) is 0.796. The SMILES string of the molecule is COc1ccc2c(-c3nc(OCC(F)(F)F)ncc3C(F)(F)F)c[nH]c2c1P(C)C. The second-order valence-corrected chi connectivity index (χ2v) is 8.69. The predicted molar refractivity (Wildman–Crippen MR) is 101 cm³/mol. The number of nitrogens with one attached hydrogen (secondary N) is 1. The minimum Gasteiger partial charge on any atom is -0.496 e. The van der Waals surface area contributed by atoms with Crippen LogP contribution in [0.2, 0.25) is 0 Å². The number of H-pyrrole nitrogens is 1. The standard InChI is InChI=1S/C18H16F6N3O2P/c1-28-12-5-4-9-10(6-25-14(9)15(12)30(2)3)13-11(18(22,23)24)7-26-16(27-13)29-8-17(19,20)21/h4-7,25H,8H2,1-3H3. The third-order valence-corrected chi connectivity index (χ3v) is 5.49. The Kier molecular flexibility index (Phi) is 5.86. The fourth-order valence-electron chi connectivity index (χ4n) is 2.96. The molecule has 1 N–H and O–H groups in total. The zero-order valence-electron chi connectivity index (χ0n) is 15.9. The second-order valence-electron chi connectivity index (χ2n) is 6.45. The van der Waals surface area contributed by atoms with Crippen molar-refractivity contribution in [3.63, 3.8) is 0 Å². The Balaban J connectivity index is 2.20. The van der Waals surface area contributed by atoms with Crippen molar-refractivity contribution in [3.05, 3.63) is 30.1 Å². The molecular weight excluding hydrogens is 435 g/mol. The van der Waals surface area contributed by atoms with Crippen LogP contribution < -0.4 is 14.8 Å². The molecule has 30 heavy (non-hydrogen) atoms. The maximum absolute atomic E-state index is 13.5. The molecule has 0 radical (unpaired) electrons. The van der Waals surface area contributed by atoms with Gasteiger partial charge >= 0.3 is 18.4 Å². The van der Waals surface area contributed by atoms with Crippen LogP contribution in [0.3, 0.4) is 0 Å². The zero-order valence-corrected chi connectivity index (χ0v) is 16.8. The molecule has 0 fully saturated rings. The first-order chi connectivity index (χ1) is 13.9. The molecule has 5 nitrogen and oxygen atoms in total. The molecule has 0 spiro atoms. The van der Waals surface area contributed by atoms with E-state index in [4.69, 9.17) is 4.74 Å². The van der Waals surface area contributed by atoms with Crippen molar-refractivity contribution < 1.29 is 35.8 Å². The molecule has 0 amide bonds. The maximum Gasteiger partial charge on any atom is 0.422 e. The first-order valence-electron chi connectivity index (χ1n) is 8.42. The van der Waals surface area contributed by atoms with Crippen molar-refractivity contribution in [2.45, 2.75) is 12.4 Å². The number of aromatic nitrogens is 3. The van der Waals surface area contributed by atoms with Crippen LogP contribution in [0, 0.1) is 0 Å². The number of aromatic amines is 1. The maximum atomic E-state index is 13.5. The molecule has 0 aliphatic rings. The van der Waals surface area contributed by atoms with Crippen LogP contribution in [0.5, 0.6) is 11.8 Å². The van der Waals surface area contributed by atoms with Crippen molar-refractivity contribution >= 4 is 24.1 Å². The second kappa shape index (κ2) is 7.94. The molecule has 0 saturated carbocycles. The molecular formula is C18H16F6N3O2P. The highest BCUT2D eigenvalue weighted by Gasteiger charge is 2.37. The van der Waals surface area contributed by atoms with E-state index in [1.807, 2.05) is 13.3 Å². The summed E-state index contributed by atoms with van der Waals surface area (Å²) in [6, 6.07) is 2.40. The highest BCUT2D eigenvalue weighted by atomic mass is 31.1. The number of alkyl halides is 6. The van der Waals surface area contributed by atoms with Gasteiger partial charge in [0.25, 0.3) is 0 Å². The topological polar surface area (TPSA) is 60.0 Å². The summed E-state index contributed by atoms with van der Waals surface area (Å²) < 4.78 is 87.7. The largest absolute Gasteiger partial charge is 0.496 e. The van der Waals surface area contributed by atoms with E-state index >= 15 is 0 Å². The van der Waals surface area contributed by atoms with Gasteiger partial charge in [-0.1, -0.05) is 7.92 Å². The summed E-state index contributed by atoms with van der Waals surface area (Å²) in [5, 5.41) is 1.24. The number of rotatable bonds is 5. The number of hydrogen-bond donors (Lipinski definition) is 1. The first-order valence-corrected chi connectivity index (χ1v) is 10.7. The van der Waals surface area contributed by atoms with Crippen molar-refractivity contribution in [2.24, 2.45) is 0 Å². The molecule has 0 unspecified atom stereocenters. The van der Waals surface area contributed by atoms with Gasteiger partial charge in [0.1, 0.15) is 11.3 Å². The normalized spacial score (nSPS) is 12.6. The van der Waals surface area contributed by atoms with Gasteiger partial charge in [-0.05, 0) is 25.5 Å². The number of halogens is 6. The van der Waals surface area contributed by atoms with E-state index in [-0.39, 0.29) is 5.56 Å². The van der Waals surface area contributed by atoms with E-state index < -0.39 is 44.1 Å². The molecule has 0 aliphatic carbocycles. The number of hydrogen-bond acceptors (Lipinski definition) is 4. The van der Waals surface area contributed by atoms with Crippen LogP contribution in [-0.2, 0) is 6.18 Å². The first kappa shape index (κ1) is 22.1. The summed E-state index contributed by atoms with van der Waals surface area (Å²) in [5.74, 6) is 0.583. The van der Waals surface area contributed by atoms with Crippen LogP contribution >= 0.6 is 7.92 Å². The lowest BCUT2D eigenvalue weighted by Crippen LogP contribution is -2.20. The average Bonchev–Trinajstić information content (AvgIpc) is 3.07. The Hall–Kier alpha value is -2.55. The van der Waals surface area contributed by atoms with Gasteiger partial charge in [0.2, 0.25) is 0 Å². The summed E-state index contributed by atoms with van der Waals surface area (Å²) in [5.41, 5.74) is -1.12. The molecule has 0 aliphatic heterocycles.